The average molecular weight is 417 g/mol. The number of hydrogen-bond donors (Lipinski definition) is 2. The standard InChI is InChI=1S/C27H44O3/c1-3-26(28)14-11-21-19(17-26)6-8-23-22(21)10-13-25(2)20(7-9-24(23)25)5-4-12-27(29)15-16-30-18-27/h6,20-24,28-29H,3-5,7-18H2,1-2H3/t20-,21-,22+,23+,24-,25+,26-,27-/m0/s1. The lowest BCUT2D eigenvalue weighted by Crippen LogP contribution is -2.47. The minimum Gasteiger partial charge on any atom is -0.390 e. The SMILES string of the molecule is CC[C@]1(O)CC[C@H]2C(=CC[C@@H]3[C@@H]2CC[C@]2(C)[C@@H](CCC[C@]4(O)CCOC4)CC[C@@H]32)C1. The summed E-state index contributed by atoms with van der Waals surface area (Å²) < 4.78 is 5.44. The summed E-state index contributed by atoms with van der Waals surface area (Å²) in [4.78, 5) is 0. The molecule has 8 atom stereocenters. The highest BCUT2D eigenvalue weighted by atomic mass is 16.5. The van der Waals surface area contributed by atoms with Crippen molar-refractivity contribution >= 4 is 0 Å². The van der Waals surface area contributed by atoms with E-state index < -0.39 is 11.2 Å². The highest BCUT2D eigenvalue weighted by Crippen LogP contribution is 2.64. The zero-order chi connectivity index (χ0) is 21.0. The van der Waals surface area contributed by atoms with E-state index >= 15 is 0 Å². The maximum absolute atomic E-state index is 10.9. The Bertz CT molecular complexity index is 665. The average Bonchev–Trinajstić information content (AvgIpc) is 3.31. The van der Waals surface area contributed by atoms with Crippen LogP contribution < -0.4 is 0 Å². The Morgan fingerprint density at radius 2 is 1.90 bits per heavy atom. The lowest BCUT2D eigenvalue weighted by atomic mass is 9.51. The van der Waals surface area contributed by atoms with Crippen LogP contribution in [0.3, 0.4) is 0 Å². The van der Waals surface area contributed by atoms with Crippen LogP contribution in [0, 0.1) is 35.0 Å². The van der Waals surface area contributed by atoms with E-state index in [9.17, 15) is 10.2 Å². The third-order valence-corrected chi connectivity index (χ3v) is 10.7. The van der Waals surface area contributed by atoms with Crippen molar-refractivity contribution in [1.29, 1.82) is 0 Å². The summed E-state index contributed by atoms with van der Waals surface area (Å²) >= 11 is 0. The molecule has 4 aliphatic carbocycles. The molecule has 0 unspecified atom stereocenters. The van der Waals surface area contributed by atoms with E-state index in [4.69, 9.17) is 4.74 Å². The molecule has 3 saturated carbocycles. The minimum atomic E-state index is -0.539. The molecule has 170 valence electrons. The lowest BCUT2D eigenvalue weighted by molar-refractivity contribution is -0.0416. The molecule has 4 fully saturated rings. The Balaban J connectivity index is 1.24. The van der Waals surface area contributed by atoms with Crippen LogP contribution in [0.4, 0.5) is 0 Å². The van der Waals surface area contributed by atoms with Crippen molar-refractivity contribution in [2.24, 2.45) is 35.0 Å². The lowest BCUT2D eigenvalue weighted by Gasteiger charge is -2.54. The van der Waals surface area contributed by atoms with E-state index in [1.807, 2.05) is 0 Å². The molecule has 0 spiro atoms. The van der Waals surface area contributed by atoms with Crippen molar-refractivity contribution in [3.8, 4) is 0 Å². The molecule has 0 radical (unpaired) electrons. The molecule has 1 saturated heterocycles. The largest absolute Gasteiger partial charge is 0.390 e. The van der Waals surface area contributed by atoms with E-state index in [0.29, 0.717) is 12.0 Å². The van der Waals surface area contributed by atoms with Gasteiger partial charge in [0.15, 0.2) is 0 Å². The van der Waals surface area contributed by atoms with Crippen molar-refractivity contribution in [3.05, 3.63) is 11.6 Å². The summed E-state index contributed by atoms with van der Waals surface area (Å²) in [5.74, 6) is 4.25. The van der Waals surface area contributed by atoms with E-state index in [-0.39, 0.29) is 0 Å². The van der Waals surface area contributed by atoms with Gasteiger partial charge in [-0.1, -0.05) is 31.9 Å². The Hall–Kier alpha value is -0.380. The van der Waals surface area contributed by atoms with Crippen LogP contribution >= 0.6 is 0 Å². The van der Waals surface area contributed by atoms with E-state index in [0.717, 1.165) is 74.7 Å². The van der Waals surface area contributed by atoms with Gasteiger partial charge in [0, 0.05) is 13.0 Å². The fourth-order valence-corrected chi connectivity index (χ4v) is 8.72. The van der Waals surface area contributed by atoms with Crippen LogP contribution in [0.15, 0.2) is 11.6 Å². The number of fused-ring (bicyclic) bond motifs is 5. The first kappa shape index (κ1) is 21.5. The van der Waals surface area contributed by atoms with Gasteiger partial charge in [-0.25, -0.2) is 0 Å². The molecule has 5 rings (SSSR count). The monoisotopic (exact) mass is 416 g/mol. The van der Waals surface area contributed by atoms with Gasteiger partial charge >= 0.3 is 0 Å². The molecule has 0 aromatic heterocycles. The maximum atomic E-state index is 10.9. The third-order valence-electron chi connectivity index (χ3n) is 10.7. The number of hydrogen-bond acceptors (Lipinski definition) is 3. The summed E-state index contributed by atoms with van der Waals surface area (Å²) in [5, 5.41) is 21.5. The summed E-state index contributed by atoms with van der Waals surface area (Å²) in [7, 11) is 0. The number of rotatable bonds is 5. The van der Waals surface area contributed by atoms with Crippen molar-refractivity contribution in [1.82, 2.24) is 0 Å². The number of ether oxygens (including phenoxy) is 1. The minimum absolute atomic E-state index is 0.425. The van der Waals surface area contributed by atoms with Gasteiger partial charge in [0.2, 0.25) is 0 Å². The van der Waals surface area contributed by atoms with Gasteiger partial charge in [0.1, 0.15) is 0 Å². The second-order valence-corrected chi connectivity index (χ2v) is 12.1. The first-order valence-corrected chi connectivity index (χ1v) is 13.1. The normalized spacial score (nSPS) is 50.5. The van der Waals surface area contributed by atoms with Crippen LogP contribution in [0.1, 0.15) is 97.3 Å². The van der Waals surface area contributed by atoms with Crippen molar-refractivity contribution in [3.63, 3.8) is 0 Å². The first-order valence-electron chi connectivity index (χ1n) is 13.1. The molecule has 5 aliphatic rings. The Kier molecular flexibility index (Phi) is 5.64. The van der Waals surface area contributed by atoms with Gasteiger partial charge in [-0.05, 0) is 106 Å². The summed E-state index contributed by atoms with van der Waals surface area (Å²) in [6.45, 7) is 6.05. The molecule has 0 amide bonds. The molecular formula is C27H44O3. The van der Waals surface area contributed by atoms with E-state index in [1.54, 1.807) is 5.57 Å². The number of aliphatic hydroxyl groups is 2. The zero-order valence-electron chi connectivity index (χ0n) is 19.4. The van der Waals surface area contributed by atoms with Crippen LogP contribution in [0.2, 0.25) is 0 Å². The fourth-order valence-electron chi connectivity index (χ4n) is 8.72. The van der Waals surface area contributed by atoms with Crippen LogP contribution in [0.25, 0.3) is 0 Å². The Morgan fingerprint density at radius 3 is 2.67 bits per heavy atom. The Morgan fingerprint density at radius 1 is 1.03 bits per heavy atom. The smallest absolute Gasteiger partial charge is 0.0902 e. The molecular weight excluding hydrogens is 372 g/mol. The summed E-state index contributed by atoms with van der Waals surface area (Å²) in [5.41, 5.74) is 1.16. The summed E-state index contributed by atoms with van der Waals surface area (Å²) in [6.07, 6.45) is 17.7. The molecule has 1 aliphatic heterocycles. The molecule has 3 nitrogen and oxygen atoms in total. The molecule has 0 aromatic carbocycles. The second-order valence-electron chi connectivity index (χ2n) is 12.1. The third kappa shape index (κ3) is 3.61. The topological polar surface area (TPSA) is 49.7 Å². The van der Waals surface area contributed by atoms with Gasteiger partial charge in [0.05, 0.1) is 17.8 Å². The van der Waals surface area contributed by atoms with Crippen LogP contribution in [-0.2, 0) is 4.74 Å². The molecule has 30 heavy (non-hydrogen) atoms. The van der Waals surface area contributed by atoms with Gasteiger partial charge < -0.3 is 14.9 Å². The van der Waals surface area contributed by atoms with Crippen molar-refractivity contribution in [2.45, 2.75) is 109 Å². The first-order chi connectivity index (χ1) is 14.4. The molecule has 1 heterocycles. The van der Waals surface area contributed by atoms with Crippen molar-refractivity contribution < 1.29 is 14.9 Å². The van der Waals surface area contributed by atoms with Crippen molar-refractivity contribution in [2.75, 3.05) is 13.2 Å². The van der Waals surface area contributed by atoms with E-state index in [1.165, 1.54) is 44.9 Å². The van der Waals surface area contributed by atoms with Gasteiger partial charge in [-0.2, -0.15) is 0 Å². The fraction of sp³-hybridized carbons (Fsp3) is 0.926. The second kappa shape index (κ2) is 7.89. The van der Waals surface area contributed by atoms with Gasteiger partial charge in [0.25, 0.3) is 0 Å². The van der Waals surface area contributed by atoms with Gasteiger partial charge in [-0.3, -0.25) is 0 Å². The predicted octanol–water partition coefficient (Wildman–Crippen LogP) is 5.64. The highest BCUT2D eigenvalue weighted by molar-refractivity contribution is 5.22. The molecule has 2 N–H and O–H groups in total. The highest BCUT2D eigenvalue weighted by Gasteiger charge is 2.56. The zero-order valence-corrected chi connectivity index (χ0v) is 19.4. The quantitative estimate of drug-likeness (QED) is 0.570. The van der Waals surface area contributed by atoms with Crippen LogP contribution in [0.5, 0.6) is 0 Å². The summed E-state index contributed by atoms with van der Waals surface area (Å²) in [6, 6.07) is 0. The Labute approximate surface area is 183 Å². The molecule has 3 heteroatoms. The predicted molar refractivity (Wildman–Crippen MR) is 120 cm³/mol. The molecule has 0 aromatic rings. The maximum Gasteiger partial charge on any atom is 0.0902 e. The van der Waals surface area contributed by atoms with Gasteiger partial charge in [-0.15, -0.1) is 0 Å². The number of allylic oxidation sites excluding steroid dienone is 1. The van der Waals surface area contributed by atoms with Crippen LogP contribution in [-0.4, -0.2) is 34.6 Å². The van der Waals surface area contributed by atoms with E-state index in [2.05, 4.69) is 19.9 Å². The molecule has 0 bridgehead atoms.